The van der Waals surface area contributed by atoms with Gasteiger partial charge < -0.3 is 10.5 Å². The highest BCUT2D eigenvalue weighted by Gasteiger charge is 2.20. The number of hydrogen-bond donors (Lipinski definition) is 1. The van der Waals surface area contributed by atoms with Crippen LogP contribution in [-0.4, -0.2) is 18.8 Å². The van der Waals surface area contributed by atoms with Gasteiger partial charge in [0.05, 0.1) is 12.2 Å². The van der Waals surface area contributed by atoms with Crippen molar-refractivity contribution in [2.75, 3.05) is 13.2 Å². The molecule has 0 aliphatic heterocycles. The molecule has 1 rings (SSSR count). The molecular weight excluding hydrogens is 162 g/mol. The standard InChI is InChI=1S/C11H23NO/c1-11(2,9-12)13-8-10-6-4-3-5-7-10/h10H,3-9,12H2,1-2H3. The van der Waals surface area contributed by atoms with Gasteiger partial charge >= 0.3 is 0 Å². The third-order valence-electron chi connectivity index (χ3n) is 2.93. The van der Waals surface area contributed by atoms with Crippen LogP contribution in [0.3, 0.4) is 0 Å². The van der Waals surface area contributed by atoms with E-state index >= 15 is 0 Å². The zero-order valence-electron chi connectivity index (χ0n) is 9.01. The molecule has 2 heteroatoms. The molecule has 1 aliphatic rings. The van der Waals surface area contributed by atoms with Gasteiger partial charge in [0.25, 0.3) is 0 Å². The first-order valence-electron chi connectivity index (χ1n) is 5.48. The lowest BCUT2D eigenvalue weighted by atomic mass is 9.90. The molecule has 78 valence electrons. The van der Waals surface area contributed by atoms with E-state index < -0.39 is 0 Å². The molecule has 0 radical (unpaired) electrons. The number of ether oxygens (including phenoxy) is 1. The zero-order valence-corrected chi connectivity index (χ0v) is 9.01. The predicted octanol–water partition coefficient (Wildman–Crippen LogP) is 2.32. The van der Waals surface area contributed by atoms with Crippen LogP contribution in [0.15, 0.2) is 0 Å². The van der Waals surface area contributed by atoms with Gasteiger partial charge in [0.2, 0.25) is 0 Å². The molecule has 0 saturated heterocycles. The van der Waals surface area contributed by atoms with Crippen LogP contribution in [0.1, 0.15) is 46.0 Å². The summed E-state index contributed by atoms with van der Waals surface area (Å²) in [6, 6.07) is 0. The highest BCUT2D eigenvalue weighted by Crippen LogP contribution is 2.25. The van der Waals surface area contributed by atoms with Gasteiger partial charge in [-0.25, -0.2) is 0 Å². The summed E-state index contributed by atoms with van der Waals surface area (Å²) in [6.07, 6.45) is 6.88. The van der Waals surface area contributed by atoms with Gasteiger partial charge in [-0.2, -0.15) is 0 Å². The van der Waals surface area contributed by atoms with Crippen molar-refractivity contribution < 1.29 is 4.74 Å². The number of rotatable bonds is 4. The third kappa shape index (κ3) is 4.10. The molecule has 2 nitrogen and oxygen atoms in total. The van der Waals surface area contributed by atoms with E-state index in [9.17, 15) is 0 Å². The smallest absolute Gasteiger partial charge is 0.0748 e. The van der Waals surface area contributed by atoms with Gasteiger partial charge in [0.15, 0.2) is 0 Å². The molecule has 0 atom stereocenters. The summed E-state index contributed by atoms with van der Waals surface area (Å²) in [6.45, 7) is 5.65. The van der Waals surface area contributed by atoms with E-state index in [0.717, 1.165) is 12.5 Å². The van der Waals surface area contributed by atoms with E-state index in [-0.39, 0.29) is 5.60 Å². The SMILES string of the molecule is CC(C)(CN)OCC1CCCCC1. The number of hydrogen-bond acceptors (Lipinski definition) is 2. The average molecular weight is 185 g/mol. The van der Waals surface area contributed by atoms with Gasteiger partial charge in [-0.3, -0.25) is 0 Å². The van der Waals surface area contributed by atoms with Crippen LogP contribution in [0.4, 0.5) is 0 Å². The van der Waals surface area contributed by atoms with E-state index in [4.69, 9.17) is 10.5 Å². The zero-order chi connectivity index (χ0) is 9.73. The lowest BCUT2D eigenvalue weighted by molar-refractivity contribution is -0.0341. The van der Waals surface area contributed by atoms with Crippen LogP contribution < -0.4 is 5.73 Å². The largest absolute Gasteiger partial charge is 0.374 e. The molecule has 2 N–H and O–H groups in total. The summed E-state index contributed by atoms with van der Waals surface area (Å²) in [5, 5.41) is 0. The van der Waals surface area contributed by atoms with Gasteiger partial charge in [-0.1, -0.05) is 19.3 Å². The van der Waals surface area contributed by atoms with Crippen molar-refractivity contribution in [3.05, 3.63) is 0 Å². The first-order chi connectivity index (χ1) is 6.14. The molecule has 0 aromatic rings. The summed E-state index contributed by atoms with van der Waals surface area (Å²) in [4.78, 5) is 0. The van der Waals surface area contributed by atoms with Crippen LogP contribution in [0.2, 0.25) is 0 Å². The van der Waals surface area contributed by atoms with Gasteiger partial charge in [-0.05, 0) is 32.6 Å². The van der Waals surface area contributed by atoms with E-state index in [1.807, 2.05) is 0 Å². The third-order valence-corrected chi connectivity index (χ3v) is 2.93. The van der Waals surface area contributed by atoms with Crippen molar-refractivity contribution in [2.45, 2.75) is 51.6 Å². The van der Waals surface area contributed by atoms with Crippen molar-refractivity contribution in [2.24, 2.45) is 11.7 Å². The molecule has 0 amide bonds. The monoisotopic (exact) mass is 185 g/mol. The molecule has 13 heavy (non-hydrogen) atoms. The maximum atomic E-state index is 5.79. The Morgan fingerprint density at radius 3 is 2.38 bits per heavy atom. The van der Waals surface area contributed by atoms with Crippen molar-refractivity contribution in [3.63, 3.8) is 0 Å². The van der Waals surface area contributed by atoms with E-state index in [0.29, 0.717) is 6.54 Å². The van der Waals surface area contributed by atoms with Crippen molar-refractivity contribution in [3.8, 4) is 0 Å². The van der Waals surface area contributed by atoms with E-state index in [2.05, 4.69) is 13.8 Å². The summed E-state index contributed by atoms with van der Waals surface area (Å²) in [5.41, 5.74) is 5.47. The summed E-state index contributed by atoms with van der Waals surface area (Å²) >= 11 is 0. The van der Waals surface area contributed by atoms with Crippen molar-refractivity contribution in [1.29, 1.82) is 0 Å². The van der Waals surface area contributed by atoms with Gasteiger partial charge in [-0.15, -0.1) is 0 Å². The topological polar surface area (TPSA) is 35.2 Å². The summed E-state index contributed by atoms with van der Waals surface area (Å²) in [7, 11) is 0. The van der Waals surface area contributed by atoms with Crippen LogP contribution in [0.5, 0.6) is 0 Å². The number of nitrogens with two attached hydrogens (primary N) is 1. The molecule has 1 aliphatic carbocycles. The minimum Gasteiger partial charge on any atom is -0.374 e. The van der Waals surface area contributed by atoms with Crippen LogP contribution in [0, 0.1) is 5.92 Å². The van der Waals surface area contributed by atoms with Crippen molar-refractivity contribution >= 4 is 0 Å². The Kier molecular flexibility index (Phi) is 4.20. The second-order valence-corrected chi connectivity index (χ2v) is 4.78. The van der Waals surface area contributed by atoms with Crippen molar-refractivity contribution in [1.82, 2.24) is 0 Å². The Labute approximate surface area is 81.8 Å². The van der Waals surface area contributed by atoms with E-state index in [1.165, 1.54) is 32.1 Å². The normalized spacial score (nSPS) is 20.5. The minimum atomic E-state index is -0.128. The Bertz CT molecular complexity index is 139. The molecule has 1 fully saturated rings. The summed E-state index contributed by atoms with van der Waals surface area (Å²) < 4.78 is 5.79. The Hall–Kier alpha value is -0.0800. The molecule has 0 aromatic heterocycles. The summed E-state index contributed by atoms with van der Waals surface area (Å²) in [5.74, 6) is 0.791. The maximum Gasteiger partial charge on any atom is 0.0748 e. The minimum absolute atomic E-state index is 0.128. The lowest BCUT2D eigenvalue weighted by Crippen LogP contribution is -2.35. The predicted molar refractivity (Wildman–Crippen MR) is 55.7 cm³/mol. The van der Waals surface area contributed by atoms with Crippen LogP contribution in [-0.2, 0) is 4.74 Å². The fourth-order valence-corrected chi connectivity index (χ4v) is 1.76. The fourth-order valence-electron chi connectivity index (χ4n) is 1.76. The van der Waals surface area contributed by atoms with Crippen LogP contribution >= 0.6 is 0 Å². The van der Waals surface area contributed by atoms with E-state index in [1.54, 1.807) is 0 Å². The second kappa shape index (κ2) is 4.97. The Morgan fingerprint density at radius 2 is 1.85 bits per heavy atom. The highest BCUT2D eigenvalue weighted by molar-refractivity contribution is 4.71. The maximum absolute atomic E-state index is 5.79. The van der Waals surface area contributed by atoms with Crippen LogP contribution in [0.25, 0.3) is 0 Å². The molecule has 0 heterocycles. The molecule has 0 spiro atoms. The first kappa shape index (κ1) is 11.0. The lowest BCUT2D eigenvalue weighted by Gasteiger charge is -2.28. The quantitative estimate of drug-likeness (QED) is 0.729. The second-order valence-electron chi connectivity index (χ2n) is 4.78. The Morgan fingerprint density at radius 1 is 1.23 bits per heavy atom. The fraction of sp³-hybridized carbons (Fsp3) is 1.00. The molecule has 1 saturated carbocycles. The molecule has 0 aromatic carbocycles. The molecule has 0 bridgehead atoms. The Balaban J connectivity index is 2.17. The first-order valence-corrected chi connectivity index (χ1v) is 5.48. The van der Waals surface area contributed by atoms with Gasteiger partial charge in [0, 0.05) is 6.54 Å². The average Bonchev–Trinajstić information content (AvgIpc) is 2.17. The van der Waals surface area contributed by atoms with Gasteiger partial charge in [0.1, 0.15) is 0 Å². The molecular formula is C11H23NO. The highest BCUT2D eigenvalue weighted by atomic mass is 16.5. The molecule has 0 unspecified atom stereocenters.